The first-order valence-electron chi connectivity index (χ1n) is 11.3. The van der Waals surface area contributed by atoms with Crippen molar-refractivity contribution in [2.24, 2.45) is 5.73 Å². The van der Waals surface area contributed by atoms with Crippen LogP contribution < -0.4 is 11.1 Å². The van der Waals surface area contributed by atoms with E-state index in [0.717, 1.165) is 11.1 Å². The third-order valence-electron chi connectivity index (χ3n) is 6.15. The molecule has 0 saturated carbocycles. The Morgan fingerprint density at radius 3 is 2.47 bits per heavy atom. The van der Waals surface area contributed by atoms with E-state index in [4.69, 9.17) is 33.7 Å². The number of carbonyl (C=O) groups is 2. The zero-order chi connectivity index (χ0) is 24.7. The van der Waals surface area contributed by atoms with Crippen molar-refractivity contribution in [3.63, 3.8) is 0 Å². The van der Waals surface area contributed by atoms with Crippen LogP contribution in [-0.2, 0) is 27.2 Å². The number of methoxy groups -OCH3 is 1. The second-order valence-corrected chi connectivity index (χ2v) is 9.41. The Kier molecular flexibility index (Phi) is 9.74. The number of nitrogens with two attached hydrogens (primary N) is 1. The van der Waals surface area contributed by atoms with E-state index in [-0.39, 0.29) is 23.9 Å². The Morgan fingerprint density at radius 1 is 1.09 bits per heavy atom. The highest BCUT2D eigenvalue weighted by molar-refractivity contribution is 6.30. The standard InChI is InChI=1S/C25H32Cl2N4O3/c1-29-24(32)23(14-18-4-3-5-20(27)12-18)30-10-11-31(21(15-30)16-34-2)25(33)22(28)13-17-6-8-19(26)9-7-17/h3-9,12,21-23H,10-11,13-16,28H2,1-2H3,(H,29,32). The molecule has 3 N–H and O–H groups in total. The zero-order valence-corrected chi connectivity index (χ0v) is 21.1. The van der Waals surface area contributed by atoms with Gasteiger partial charge in [0.25, 0.3) is 0 Å². The number of piperazine rings is 1. The lowest BCUT2D eigenvalue weighted by Crippen LogP contribution is -2.63. The number of rotatable bonds is 9. The van der Waals surface area contributed by atoms with Crippen LogP contribution in [0.5, 0.6) is 0 Å². The van der Waals surface area contributed by atoms with Gasteiger partial charge in [-0.25, -0.2) is 0 Å². The van der Waals surface area contributed by atoms with Gasteiger partial charge in [0.1, 0.15) is 0 Å². The number of ether oxygens (including phenoxy) is 1. The van der Waals surface area contributed by atoms with Gasteiger partial charge in [0.15, 0.2) is 0 Å². The van der Waals surface area contributed by atoms with Crippen LogP contribution in [0.1, 0.15) is 11.1 Å². The van der Waals surface area contributed by atoms with E-state index in [1.165, 1.54) is 0 Å². The number of nitrogens with zero attached hydrogens (tertiary/aromatic N) is 2. The highest BCUT2D eigenvalue weighted by atomic mass is 35.5. The normalized spacial score (nSPS) is 18.4. The van der Waals surface area contributed by atoms with Crippen molar-refractivity contribution in [1.29, 1.82) is 0 Å². The van der Waals surface area contributed by atoms with Crippen LogP contribution in [0.2, 0.25) is 10.0 Å². The summed E-state index contributed by atoms with van der Waals surface area (Å²) in [6.07, 6.45) is 0.940. The summed E-state index contributed by atoms with van der Waals surface area (Å²) in [6, 6.07) is 13.6. The number of hydrogen-bond acceptors (Lipinski definition) is 5. The fourth-order valence-electron chi connectivity index (χ4n) is 4.40. The minimum Gasteiger partial charge on any atom is -0.382 e. The zero-order valence-electron chi connectivity index (χ0n) is 19.5. The van der Waals surface area contributed by atoms with Gasteiger partial charge in [-0.3, -0.25) is 14.5 Å². The molecule has 1 fully saturated rings. The van der Waals surface area contributed by atoms with E-state index in [9.17, 15) is 9.59 Å². The topological polar surface area (TPSA) is 87.9 Å². The summed E-state index contributed by atoms with van der Waals surface area (Å²) in [6.45, 7) is 1.88. The largest absolute Gasteiger partial charge is 0.382 e. The van der Waals surface area contributed by atoms with E-state index in [1.807, 2.05) is 36.4 Å². The molecular weight excluding hydrogens is 475 g/mol. The Labute approximate surface area is 211 Å². The lowest BCUT2D eigenvalue weighted by Gasteiger charge is -2.44. The fourth-order valence-corrected chi connectivity index (χ4v) is 4.74. The van der Waals surface area contributed by atoms with Crippen LogP contribution >= 0.6 is 23.2 Å². The molecule has 1 aliphatic rings. The SMILES string of the molecule is CNC(=O)C(Cc1cccc(Cl)c1)N1CCN(C(=O)C(N)Cc2ccc(Cl)cc2)C(COC)C1. The number of amides is 2. The first kappa shape index (κ1) is 26.4. The molecule has 7 nitrogen and oxygen atoms in total. The maximum atomic E-state index is 13.3. The summed E-state index contributed by atoms with van der Waals surface area (Å²) >= 11 is 12.1. The van der Waals surface area contributed by atoms with Gasteiger partial charge in [-0.1, -0.05) is 47.5 Å². The van der Waals surface area contributed by atoms with Gasteiger partial charge < -0.3 is 20.7 Å². The molecule has 1 heterocycles. The molecule has 1 saturated heterocycles. The van der Waals surface area contributed by atoms with E-state index < -0.39 is 6.04 Å². The van der Waals surface area contributed by atoms with Gasteiger partial charge in [0.05, 0.1) is 24.7 Å². The molecule has 2 aromatic rings. The van der Waals surface area contributed by atoms with Crippen molar-refractivity contribution < 1.29 is 14.3 Å². The minimum atomic E-state index is -0.673. The molecule has 9 heteroatoms. The van der Waals surface area contributed by atoms with E-state index in [1.54, 1.807) is 31.2 Å². The predicted molar refractivity (Wildman–Crippen MR) is 135 cm³/mol. The minimum absolute atomic E-state index is 0.0737. The first-order valence-corrected chi connectivity index (χ1v) is 12.1. The van der Waals surface area contributed by atoms with Gasteiger partial charge in [0.2, 0.25) is 11.8 Å². The summed E-state index contributed by atoms with van der Waals surface area (Å²) < 4.78 is 5.43. The van der Waals surface area contributed by atoms with E-state index >= 15 is 0 Å². The molecule has 0 radical (unpaired) electrons. The molecule has 0 bridgehead atoms. The Bertz CT molecular complexity index is 973. The van der Waals surface area contributed by atoms with Crippen molar-refractivity contribution in [3.05, 3.63) is 69.7 Å². The average molecular weight is 507 g/mol. The van der Waals surface area contributed by atoms with Crippen LogP contribution in [0.4, 0.5) is 0 Å². The van der Waals surface area contributed by atoms with Crippen LogP contribution in [0.15, 0.2) is 48.5 Å². The molecule has 184 valence electrons. The quantitative estimate of drug-likeness (QED) is 0.545. The summed E-state index contributed by atoms with van der Waals surface area (Å²) in [5.41, 5.74) is 8.23. The summed E-state index contributed by atoms with van der Waals surface area (Å²) in [7, 11) is 3.24. The van der Waals surface area contributed by atoms with Gasteiger partial charge in [0, 0.05) is 43.8 Å². The number of likely N-dealkylation sites (N-methyl/N-ethyl adjacent to an activating group) is 1. The molecule has 3 rings (SSSR count). The van der Waals surface area contributed by atoms with Crippen molar-refractivity contribution in [1.82, 2.24) is 15.1 Å². The average Bonchev–Trinajstić information content (AvgIpc) is 2.83. The van der Waals surface area contributed by atoms with Gasteiger partial charge >= 0.3 is 0 Å². The number of carbonyl (C=O) groups excluding carboxylic acids is 2. The van der Waals surface area contributed by atoms with Crippen LogP contribution in [0.25, 0.3) is 0 Å². The molecule has 0 aliphatic carbocycles. The van der Waals surface area contributed by atoms with Crippen molar-refractivity contribution >= 4 is 35.0 Å². The molecule has 1 aliphatic heterocycles. The van der Waals surface area contributed by atoms with E-state index in [2.05, 4.69) is 10.2 Å². The second kappa shape index (κ2) is 12.5. The fraction of sp³-hybridized carbons (Fsp3) is 0.440. The number of hydrogen-bond donors (Lipinski definition) is 2. The highest BCUT2D eigenvalue weighted by Crippen LogP contribution is 2.20. The Hall–Kier alpha value is -2.16. The lowest BCUT2D eigenvalue weighted by atomic mass is 10.00. The smallest absolute Gasteiger partial charge is 0.240 e. The second-order valence-electron chi connectivity index (χ2n) is 8.54. The maximum absolute atomic E-state index is 13.3. The molecular formula is C25H32Cl2N4O3. The molecule has 34 heavy (non-hydrogen) atoms. The third-order valence-corrected chi connectivity index (χ3v) is 6.64. The number of benzene rings is 2. The summed E-state index contributed by atoms with van der Waals surface area (Å²) in [5, 5.41) is 4.05. The summed E-state index contributed by atoms with van der Waals surface area (Å²) in [4.78, 5) is 29.9. The maximum Gasteiger partial charge on any atom is 0.240 e. The first-order chi connectivity index (χ1) is 16.3. The van der Waals surface area contributed by atoms with Gasteiger partial charge in [-0.2, -0.15) is 0 Å². The Morgan fingerprint density at radius 2 is 1.82 bits per heavy atom. The van der Waals surface area contributed by atoms with Crippen LogP contribution in [0, 0.1) is 0 Å². The molecule has 0 spiro atoms. The van der Waals surface area contributed by atoms with Crippen molar-refractivity contribution in [3.8, 4) is 0 Å². The molecule has 3 unspecified atom stereocenters. The van der Waals surface area contributed by atoms with Crippen molar-refractivity contribution in [2.75, 3.05) is 40.4 Å². The van der Waals surface area contributed by atoms with Crippen LogP contribution in [0.3, 0.4) is 0 Å². The molecule has 2 amide bonds. The summed E-state index contributed by atoms with van der Waals surface area (Å²) in [5.74, 6) is -0.196. The third kappa shape index (κ3) is 6.93. The Balaban J connectivity index is 1.71. The lowest BCUT2D eigenvalue weighted by molar-refractivity contribution is -0.141. The molecule has 0 aromatic heterocycles. The number of halogens is 2. The predicted octanol–water partition coefficient (Wildman–Crippen LogP) is 2.38. The van der Waals surface area contributed by atoms with E-state index in [0.29, 0.717) is 49.1 Å². The number of nitrogens with one attached hydrogen (secondary N) is 1. The molecule has 3 atom stereocenters. The van der Waals surface area contributed by atoms with Crippen LogP contribution in [-0.4, -0.2) is 80.1 Å². The van der Waals surface area contributed by atoms with Gasteiger partial charge in [-0.05, 0) is 48.2 Å². The monoisotopic (exact) mass is 506 g/mol. The van der Waals surface area contributed by atoms with Gasteiger partial charge in [-0.15, -0.1) is 0 Å². The van der Waals surface area contributed by atoms with Crippen molar-refractivity contribution in [2.45, 2.75) is 31.0 Å². The highest BCUT2D eigenvalue weighted by Gasteiger charge is 2.37. The molecule has 2 aromatic carbocycles.